The van der Waals surface area contributed by atoms with E-state index in [-0.39, 0.29) is 12.5 Å². The molecule has 0 spiro atoms. The monoisotopic (exact) mass is 297 g/mol. The Hall–Kier alpha value is -3.09. The molecule has 0 radical (unpaired) electrons. The molecule has 1 aliphatic heterocycles. The molecule has 2 heterocycles. The van der Waals surface area contributed by atoms with Crippen molar-refractivity contribution in [3.63, 3.8) is 0 Å². The molecular weight excluding hydrogens is 286 g/mol. The fourth-order valence-electron chi connectivity index (χ4n) is 2.60. The molecule has 0 atom stereocenters. The molecule has 4 rings (SSSR count). The summed E-state index contributed by atoms with van der Waals surface area (Å²) in [5, 5.41) is 10.9. The maximum absolute atomic E-state index is 10.9. The summed E-state index contributed by atoms with van der Waals surface area (Å²) in [4.78, 5) is 15.0. The van der Waals surface area contributed by atoms with Crippen LogP contribution in [0, 0.1) is 10.1 Å². The number of hydrogen-bond donors (Lipinski definition) is 0. The number of aromatic nitrogens is 2. The molecule has 0 aliphatic carbocycles. The molecule has 1 aliphatic rings. The van der Waals surface area contributed by atoms with Gasteiger partial charge in [0.1, 0.15) is 5.82 Å². The van der Waals surface area contributed by atoms with Gasteiger partial charge in [-0.05, 0) is 24.3 Å². The molecule has 3 aromatic rings. The Morgan fingerprint density at radius 2 is 2.00 bits per heavy atom. The SMILES string of the molecule is Cn1c(-c2ccc3c(c2)OCO3)nc2cc([N+](=O)[O-])ccc21. The Kier molecular flexibility index (Phi) is 2.56. The van der Waals surface area contributed by atoms with E-state index < -0.39 is 4.92 Å². The smallest absolute Gasteiger partial charge is 0.271 e. The lowest BCUT2D eigenvalue weighted by Gasteiger charge is -2.03. The largest absolute Gasteiger partial charge is 0.454 e. The van der Waals surface area contributed by atoms with Crippen LogP contribution in [0.2, 0.25) is 0 Å². The average molecular weight is 297 g/mol. The molecule has 0 amide bonds. The highest BCUT2D eigenvalue weighted by atomic mass is 16.7. The molecule has 0 N–H and O–H groups in total. The van der Waals surface area contributed by atoms with Crippen molar-refractivity contribution >= 4 is 16.7 Å². The second-order valence-corrected chi connectivity index (χ2v) is 4.99. The summed E-state index contributed by atoms with van der Waals surface area (Å²) in [5.74, 6) is 2.10. The number of nitro groups is 1. The minimum Gasteiger partial charge on any atom is -0.454 e. The fourth-order valence-corrected chi connectivity index (χ4v) is 2.60. The maximum Gasteiger partial charge on any atom is 0.271 e. The van der Waals surface area contributed by atoms with Crippen LogP contribution in [0.15, 0.2) is 36.4 Å². The van der Waals surface area contributed by atoms with Crippen LogP contribution in [0.3, 0.4) is 0 Å². The van der Waals surface area contributed by atoms with E-state index in [1.807, 2.05) is 29.8 Å². The molecule has 7 heteroatoms. The first-order valence-corrected chi connectivity index (χ1v) is 6.64. The lowest BCUT2D eigenvalue weighted by atomic mass is 10.2. The second kappa shape index (κ2) is 4.45. The molecule has 1 aromatic heterocycles. The van der Waals surface area contributed by atoms with E-state index in [1.165, 1.54) is 12.1 Å². The van der Waals surface area contributed by atoms with Gasteiger partial charge in [0.25, 0.3) is 5.69 Å². The van der Waals surface area contributed by atoms with Gasteiger partial charge in [-0.15, -0.1) is 0 Å². The first-order valence-electron chi connectivity index (χ1n) is 6.64. The fraction of sp³-hybridized carbons (Fsp3) is 0.133. The number of rotatable bonds is 2. The first-order chi connectivity index (χ1) is 10.6. The molecule has 0 saturated carbocycles. The van der Waals surface area contributed by atoms with Gasteiger partial charge in [-0.1, -0.05) is 0 Å². The number of hydrogen-bond acceptors (Lipinski definition) is 5. The van der Waals surface area contributed by atoms with E-state index in [4.69, 9.17) is 9.47 Å². The Balaban J connectivity index is 1.88. The van der Waals surface area contributed by atoms with Crippen molar-refractivity contribution in [2.24, 2.45) is 7.05 Å². The maximum atomic E-state index is 10.9. The molecule has 0 bridgehead atoms. The van der Waals surface area contributed by atoms with Gasteiger partial charge in [-0.3, -0.25) is 10.1 Å². The third-order valence-corrected chi connectivity index (χ3v) is 3.71. The van der Waals surface area contributed by atoms with E-state index >= 15 is 0 Å². The minimum atomic E-state index is -0.422. The van der Waals surface area contributed by atoms with Crippen molar-refractivity contribution in [1.82, 2.24) is 9.55 Å². The van der Waals surface area contributed by atoms with Crippen molar-refractivity contribution in [3.8, 4) is 22.9 Å². The van der Waals surface area contributed by atoms with Crippen molar-refractivity contribution in [3.05, 3.63) is 46.5 Å². The lowest BCUT2D eigenvalue weighted by molar-refractivity contribution is -0.384. The van der Waals surface area contributed by atoms with Crippen LogP contribution in [0.25, 0.3) is 22.4 Å². The van der Waals surface area contributed by atoms with Gasteiger partial charge in [0, 0.05) is 24.7 Å². The number of non-ortho nitro benzene ring substituents is 1. The summed E-state index contributed by atoms with van der Waals surface area (Å²) in [5.41, 5.74) is 2.32. The standard InChI is InChI=1S/C15H11N3O4/c1-17-12-4-3-10(18(19)20)7-11(12)16-15(17)9-2-5-13-14(6-9)22-8-21-13/h2-7H,8H2,1H3. The predicted molar refractivity (Wildman–Crippen MR) is 78.9 cm³/mol. The normalized spacial score (nSPS) is 12.8. The van der Waals surface area contributed by atoms with E-state index in [2.05, 4.69) is 4.98 Å². The zero-order chi connectivity index (χ0) is 15.3. The summed E-state index contributed by atoms with van der Waals surface area (Å²) in [6.45, 7) is 0.216. The molecule has 0 fully saturated rings. The highest BCUT2D eigenvalue weighted by Crippen LogP contribution is 2.36. The lowest BCUT2D eigenvalue weighted by Crippen LogP contribution is -1.93. The van der Waals surface area contributed by atoms with Crippen molar-refractivity contribution < 1.29 is 14.4 Å². The van der Waals surface area contributed by atoms with Crippen LogP contribution in [-0.2, 0) is 7.05 Å². The number of benzene rings is 2. The highest BCUT2D eigenvalue weighted by molar-refractivity contribution is 5.83. The van der Waals surface area contributed by atoms with Crippen LogP contribution in [0.1, 0.15) is 0 Å². The van der Waals surface area contributed by atoms with Crippen LogP contribution >= 0.6 is 0 Å². The van der Waals surface area contributed by atoms with E-state index in [9.17, 15) is 10.1 Å². The topological polar surface area (TPSA) is 79.4 Å². The number of nitrogens with zero attached hydrogens (tertiary/aromatic N) is 3. The summed E-state index contributed by atoms with van der Waals surface area (Å²) >= 11 is 0. The van der Waals surface area contributed by atoms with Crippen LogP contribution in [0.5, 0.6) is 11.5 Å². The zero-order valence-electron chi connectivity index (χ0n) is 11.6. The summed E-state index contributed by atoms with van der Waals surface area (Å²) < 4.78 is 12.6. The summed E-state index contributed by atoms with van der Waals surface area (Å²) in [6, 6.07) is 10.2. The van der Waals surface area contributed by atoms with Gasteiger partial charge in [0.15, 0.2) is 11.5 Å². The summed E-state index contributed by atoms with van der Waals surface area (Å²) in [6.07, 6.45) is 0. The number of fused-ring (bicyclic) bond motifs is 2. The van der Waals surface area contributed by atoms with Crippen molar-refractivity contribution in [1.29, 1.82) is 0 Å². The third-order valence-electron chi connectivity index (χ3n) is 3.71. The summed E-state index contributed by atoms with van der Waals surface area (Å²) in [7, 11) is 1.88. The highest BCUT2D eigenvalue weighted by Gasteiger charge is 2.18. The van der Waals surface area contributed by atoms with Crippen LogP contribution in [-0.4, -0.2) is 21.3 Å². The van der Waals surface area contributed by atoms with Gasteiger partial charge in [0.05, 0.1) is 16.0 Å². The van der Waals surface area contributed by atoms with Gasteiger partial charge in [0.2, 0.25) is 6.79 Å². The van der Waals surface area contributed by atoms with Gasteiger partial charge in [-0.2, -0.15) is 0 Å². The van der Waals surface area contributed by atoms with E-state index in [1.54, 1.807) is 6.07 Å². The van der Waals surface area contributed by atoms with Gasteiger partial charge < -0.3 is 14.0 Å². The van der Waals surface area contributed by atoms with E-state index in [0.717, 1.165) is 11.1 Å². The van der Waals surface area contributed by atoms with Crippen LogP contribution in [0.4, 0.5) is 5.69 Å². The van der Waals surface area contributed by atoms with Gasteiger partial charge in [-0.25, -0.2) is 4.98 Å². The molecule has 110 valence electrons. The predicted octanol–water partition coefficient (Wildman–Crippen LogP) is 2.88. The number of imidazole rings is 1. The Morgan fingerprint density at radius 3 is 2.82 bits per heavy atom. The molecular formula is C15H11N3O4. The minimum absolute atomic E-state index is 0.0304. The Morgan fingerprint density at radius 1 is 1.18 bits per heavy atom. The quantitative estimate of drug-likeness (QED) is 0.536. The number of nitro benzene ring substituents is 1. The number of aryl methyl sites for hydroxylation is 1. The first kappa shape index (κ1) is 12.6. The number of ether oxygens (including phenoxy) is 2. The zero-order valence-corrected chi connectivity index (χ0v) is 11.6. The Bertz CT molecular complexity index is 917. The van der Waals surface area contributed by atoms with Crippen LogP contribution < -0.4 is 9.47 Å². The second-order valence-electron chi connectivity index (χ2n) is 4.99. The van der Waals surface area contributed by atoms with Gasteiger partial charge >= 0.3 is 0 Å². The molecule has 0 unspecified atom stereocenters. The molecule has 2 aromatic carbocycles. The average Bonchev–Trinajstić information content (AvgIpc) is 3.10. The molecule has 0 saturated heterocycles. The van der Waals surface area contributed by atoms with Crippen molar-refractivity contribution in [2.75, 3.05) is 6.79 Å². The van der Waals surface area contributed by atoms with E-state index in [0.29, 0.717) is 22.8 Å². The third kappa shape index (κ3) is 1.79. The van der Waals surface area contributed by atoms with Crippen molar-refractivity contribution in [2.45, 2.75) is 0 Å². The molecule has 22 heavy (non-hydrogen) atoms. The molecule has 7 nitrogen and oxygen atoms in total. The Labute approximate surface area is 124 Å².